The summed E-state index contributed by atoms with van der Waals surface area (Å²) in [6.45, 7) is 7.02. The minimum atomic E-state index is -0.498. The van der Waals surface area contributed by atoms with Gasteiger partial charge in [0, 0.05) is 19.5 Å². The summed E-state index contributed by atoms with van der Waals surface area (Å²) in [6.07, 6.45) is 2.95. The Morgan fingerprint density at radius 3 is 2.18 bits per heavy atom. The van der Waals surface area contributed by atoms with Gasteiger partial charge < -0.3 is 10.2 Å². The maximum Gasteiger partial charge on any atom is 0.242 e. The van der Waals surface area contributed by atoms with Gasteiger partial charge in [0.15, 0.2) is 0 Å². The number of amides is 2. The van der Waals surface area contributed by atoms with E-state index >= 15 is 0 Å². The van der Waals surface area contributed by atoms with E-state index in [1.54, 1.807) is 4.90 Å². The lowest BCUT2D eigenvalue weighted by molar-refractivity contribution is -0.140. The van der Waals surface area contributed by atoms with Crippen LogP contribution in [0.25, 0.3) is 0 Å². The summed E-state index contributed by atoms with van der Waals surface area (Å²) in [4.78, 5) is 27.2. The first-order valence-electron chi connectivity index (χ1n) is 10.2. The molecule has 0 aliphatic rings. The molecule has 2 aromatic carbocycles. The van der Waals surface area contributed by atoms with Gasteiger partial charge in [0.2, 0.25) is 11.8 Å². The maximum absolute atomic E-state index is 13.0. The quantitative estimate of drug-likeness (QED) is 0.674. The van der Waals surface area contributed by atoms with Gasteiger partial charge in [-0.05, 0) is 42.9 Å². The summed E-state index contributed by atoms with van der Waals surface area (Å²) in [5.41, 5.74) is 3.47. The fourth-order valence-electron chi connectivity index (χ4n) is 3.10. The third-order valence-corrected chi connectivity index (χ3v) is 4.97. The summed E-state index contributed by atoms with van der Waals surface area (Å²) in [7, 11) is 0. The number of nitrogens with zero attached hydrogens (tertiary/aromatic N) is 1. The highest BCUT2D eigenvalue weighted by atomic mass is 16.2. The molecule has 0 heterocycles. The van der Waals surface area contributed by atoms with Crippen molar-refractivity contribution in [2.45, 2.75) is 59.0 Å². The van der Waals surface area contributed by atoms with Crippen molar-refractivity contribution >= 4 is 11.8 Å². The Balaban J connectivity index is 2.07. The van der Waals surface area contributed by atoms with Crippen LogP contribution in [0.1, 0.15) is 50.3 Å². The van der Waals surface area contributed by atoms with Crippen LogP contribution in [0.4, 0.5) is 0 Å². The van der Waals surface area contributed by atoms with Gasteiger partial charge in [-0.2, -0.15) is 0 Å². The fraction of sp³-hybridized carbons (Fsp3) is 0.417. The minimum absolute atomic E-state index is 0.00238. The molecule has 28 heavy (non-hydrogen) atoms. The van der Waals surface area contributed by atoms with Gasteiger partial charge >= 0.3 is 0 Å². The highest BCUT2D eigenvalue weighted by molar-refractivity contribution is 5.87. The van der Waals surface area contributed by atoms with Crippen LogP contribution in [0.15, 0.2) is 54.6 Å². The Bertz CT molecular complexity index is 741. The van der Waals surface area contributed by atoms with E-state index in [0.717, 1.165) is 24.0 Å². The minimum Gasteiger partial charge on any atom is -0.354 e. The number of aryl methyl sites for hydroxylation is 2. The molecule has 0 fully saturated rings. The number of nitrogens with one attached hydrogen (secondary N) is 1. The molecule has 0 unspecified atom stereocenters. The molecule has 0 spiro atoms. The Kier molecular flexibility index (Phi) is 8.73. The third-order valence-electron chi connectivity index (χ3n) is 4.97. The molecule has 0 saturated carbocycles. The summed E-state index contributed by atoms with van der Waals surface area (Å²) in [6, 6.07) is 17.7. The molecule has 0 bridgehead atoms. The number of rotatable bonds is 10. The zero-order chi connectivity index (χ0) is 20.4. The molecule has 0 aliphatic carbocycles. The zero-order valence-corrected chi connectivity index (χ0v) is 17.3. The van der Waals surface area contributed by atoms with E-state index in [4.69, 9.17) is 0 Å². The predicted molar refractivity (Wildman–Crippen MR) is 114 cm³/mol. The molecule has 2 rings (SSSR count). The Hall–Kier alpha value is -2.62. The van der Waals surface area contributed by atoms with Crippen LogP contribution in [-0.4, -0.2) is 29.3 Å². The highest BCUT2D eigenvalue weighted by Gasteiger charge is 2.25. The maximum atomic E-state index is 13.0. The lowest BCUT2D eigenvalue weighted by Crippen LogP contribution is -2.47. The summed E-state index contributed by atoms with van der Waals surface area (Å²) < 4.78 is 0. The third kappa shape index (κ3) is 6.52. The van der Waals surface area contributed by atoms with Gasteiger partial charge in [-0.25, -0.2) is 0 Å². The average Bonchev–Trinajstić information content (AvgIpc) is 2.74. The molecular formula is C24H32N2O2. The van der Waals surface area contributed by atoms with Crippen LogP contribution in [-0.2, 0) is 29.0 Å². The molecule has 1 N–H and O–H groups in total. The van der Waals surface area contributed by atoms with E-state index < -0.39 is 6.04 Å². The standard InChI is InChI=1S/C24H32N2O2/c1-4-17-25-24(28)19(3)26(18-22-9-7-6-8-10-22)23(27)16-15-21-13-11-20(5-2)12-14-21/h6-14,19H,4-5,15-18H2,1-3H3,(H,25,28)/t19-/m0/s1. The number of carbonyl (C=O) groups is 2. The zero-order valence-electron chi connectivity index (χ0n) is 17.3. The number of carbonyl (C=O) groups excluding carboxylic acids is 2. The highest BCUT2D eigenvalue weighted by Crippen LogP contribution is 2.13. The van der Waals surface area contributed by atoms with E-state index in [9.17, 15) is 9.59 Å². The van der Waals surface area contributed by atoms with E-state index in [1.807, 2.05) is 44.2 Å². The molecule has 1 atom stereocenters. The van der Waals surface area contributed by atoms with Crippen LogP contribution < -0.4 is 5.32 Å². The summed E-state index contributed by atoms with van der Waals surface area (Å²) in [5, 5.41) is 2.91. The molecule has 0 aliphatic heterocycles. The summed E-state index contributed by atoms with van der Waals surface area (Å²) in [5.74, 6) is -0.0963. The van der Waals surface area contributed by atoms with Gasteiger partial charge in [0.05, 0.1) is 0 Å². The van der Waals surface area contributed by atoms with Crippen molar-refractivity contribution in [1.29, 1.82) is 0 Å². The fourth-order valence-corrected chi connectivity index (χ4v) is 3.10. The van der Waals surface area contributed by atoms with Crippen molar-refractivity contribution in [3.8, 4) is 0 Å². The van der Waals surface area contributed by atoms with E-state index in [0.29, 0.717) is 25.9 Å². The number of hydrogen-bond donors (Lipinski definition) is 1. The van der Waals surface area contributed by atoms with Crippen molar-refractivity contribution in [2.24, 2.45) is 0 Å². The first-order chi connectivity index (χ1) is 13.5. The van der Waals surface area contributed by atoms with Crippen molar-refractivity contribution in [3.05, 3.63) is 71.3 Å². The predicted octanol–water partition coefficient (Wildman–Crippen LogP) is 4.13. The van der Waals surface area contributed by atoms with E-state index in [-0.39, 0.29) is 11.8 Å². The lowest BCUT2D eigenvalue weighted by Gasteiger charge is -2.29. The topological polar surface area (TPSA) is 49.4 Å². The molecule has 4 nitrogen and oxygen atoms in total. The van der Waals surface area contributed by atoms with Gasteiger partial charge in [-0.1, -0.05) is 68.4 Å². The van der Waals surface area contributed by atoms with Crippen molar-refractivity contribution in [3.63, 3.8) is 0 Å². The van der Waals surface area contributed by atoms with Gasteiger partial charge in [-0.15, -0.1) is 0 Å². The molecule has 150 valence electrons. The van der Waals surface area contributed by atoms with Gasteiger partial charge in [0.25, 0.3) is 0 Å². The molecule has 0 saturated heterocycles. The molecule has 0 radical (unpaired) electrons. The Morgan fingerprint density at radius 1 is 0.929 bits per heavy atom. The van der Waals surface area contributed by atoms with Crippen LogP contribution in [0, 0.1) is 0 Å². The smallest absolute Gasteiger partial charge is 0.242 e. The molecular weight excluding hydrogens is 348 g/mol. The Labute approximate surface area is 169 Å². The average molecular weight is 381 g/mol. The van der Waals surface area contributed by atoms with Crippen LogP contribution in [0.2, 0.25) is 0 Å². The number of hydrogen-bond acceptors (Lipinski definition) is 2. The van der Waals surface area contributed by atoms with Crippen molar-refractivity contribution in [1.82, 2.24) is 10.2 Å². The van der Waals surface area contributed by atoms with Crippen LogP contribution in [0.5, 0.6) is 0 Å². The van der Waals surface area contributed by atoms with E-state index in [1.165, 1.54) is 5.56 Å². The molecule has 4 heteroatoms. The Morgan fingerprint density at radius 2 is 1.57 bits per heavy atom. The van der Waals surface area contributed by atoms with Crippen LogP contribution in [0.3, 0.4) is 0 Å². The lowest BCUT2D eigenvalue weighted by atomic mass is 10.0. The molecule has 2 aromatic rings. The van der Waals surface area contributed by atoms with Gasteiger partial charge in [0.1, 0.15) is 6.04 Å². The second kappa shape index (κ2) is 11.3. The first-order valence-corrected chi connectivity index (χ1v) is 10.2. The van der Waals surface area contributed by atoms with Gasteiger partial charge in [-0.3, -0.25) is 9.59 Å². The van der Waals surface area contributed by atoms with Crippen LogP contribution >= 0.6 is 0 Å². The molecule has 0 aromatic heterocycles. The number of benzene rings is 2. The SMILES string of the molecule is CCCNC(=O)[C@H](C)N(Cc1ccccc1)C(=O)CCc1ccc(CC)cc1. The normalized spacial score (nSPS) is 11.7. The summed E-state index contributed by atoms with van der Waals surface area (Å²) >= 11 is 0. The van der Waals surface area contributed by atoms with Crippen molar-refractivity contribution in [2.75, 3.05) is 6.54 Å². The monoisotopic (exact) mass is 380 g/mol. The second-order valence-corrected chi connectivity index (χ2v) is 7.14. The largest absolute Gasteiger partial charge is 0.354 e. The van der Waals surface area contributed by atoms with E-state index in [2.05, 4.69) is 36.5 Å². The van der Waals surface area contributed by atoms with Crippen molar-refractivity contribution < 1.29 is 9.59 Å². The first kappa shape index (κ1) is 21.7. The second-order valence-electron chi connectivity index (χ2n) is 7.14. The molecule has 2 amide bonds.